The van der Waals surface area contributed by atoms with Crippen molar-refractivity contribution in [1.29, 1.82) is 0 Å². The van der Waals surface area contributed by atoms with Gasteiger partial charge in [-0.25, -0.2) is 9.78 Å². The molecule has 0 aromatic heterocycles. The molecule has 8 atom stereocenters. The first kappa shape index (κ1) is 25.6. The summed E-state index contributed by atoms with van der Waals surface area (Å²) in [6.45, 7) is 6.16. The van der Waals surface area contributed by atoms with Gasteiger partial charge in [-0.1, -0.05) is 26.0 Å². The highest BCUT2D eigenvalue weighted by Crippen LogP contribution is 2.60. The van der Waals surface area contributed by atoms with E-state index in [9.17, 15) is 9.59 Å². The van der Waals surface area contributed by atoms with Crippen LogP contribution in [0.25, 0.3) is 0 Å². The third-order valence-corrected chi connectivity index (χ3v) is 8.43. The molecule has 1 spiro atoms. The summed E-state index contributed by atoms with van der Waals surface area (Å²) in [7, 11) is 0. The van der Waals surface area contributed by atoms with Crippen LogP contribution in [0.15, 0.2) is 24.3 Å². The van der Waals surface area contributed by atoms with E-state index in [4.69, 9.17) is 33.8 Å². The summed E-state index contributed by atoms with van der Waals surface area (Å²) in [5, 5.41) is 9.00. The minimum Gasteiger partial charge on any atom is -0.435 e. The number of hydrogen-bond acceptors (Lipinski definition) is 9. The Bertz CT molecular complexity index is 964. The number of aliphatic hydroxyl groups is 1. The van der Waals surface area contributed by atoms with Gasteiger partial charge in [0.15, 0.2) is 11.9 Å². The Morgan fingerprint density at radius 3 is 2.53 bits per heavy atom. The van der Waals surface area contributed by atoms with E-state index in [0.717, 1.165) is 24.8 Å². The quantitative estimate of drug-likeness (QED) is 0.338. The molecule has 1 aliphatic carbocycles. The van der Waals surface area contributed by atoms with Crippen molar-refractivity contribution in [2.75, 3.05) is 6.61 Å². The van der Waals surface area contributed by atoms with Gasteiger partial charge in [-0.3, -0.25) is 9.59 Å². The lowest BCUT2D eigenvalue weighted by molar-refractivity contribution is -0.576. The maximum atomic E-state index is 12.7. The number of aliphatic hydroxyl groups excluding tert-OH is 1. The lowest BCUT2D eigenvalue weighted by Crippen LogP contribution is -2.70. The highest BCUT2D eigenvalue weighted by atomic mass is 17.3. The molecule has 0 unspecified atom stereocenters. The SMILES string of the molecule is C[C@H]1[C@H](OC(=O)CCC(=O)Oc2ccc(CCO)cc2)O[C@@H]2O[C@]3(C)CC[C@H]4[C@H](C)CC[C@@H]1[C@@]24OO3. The van der Waals surface area contributed by atoms with Crippen molar-refractivity contribution in [2.45, 2.75) is 89.7 Å². The Hall–Kier alpha value is -2.04. The maximum Gasteiger partial charge on any atom is 0.311 e. The Morgan fingerprint density at radius 2 is 1.78 bits per heavy atom. The summed E-state index contributed by atoms with van der Waals surface area (Å²) in [6.07, 6.45) is 2.42. The largest absolute Gasteiger partial charge is 0.435 e. The van der Waals surface area contributed by atoms with Gasteiger partial charge in [0.2, 0.25) is 12.1 Å². The molecule has 5 aliphatic rings. The predicted octanol–water partition coefficient (Wildman–Crippen LogP) is 3.66. The second-order valence-electron chi connectivity index (χ2n) is 10.9. The monoisotopic (exact) mass is 504 g/mol. The molecule has 9 heteroatoms. The zero-order valence-corrected chi connectivity index (χ0v) is 21.1. The number of rotatable bonds is 7. The molecule has 1 N–H and O–H groups in total. The van der Waals surface area contributed by atoms with E-state index in [2.05, 4.69) is 6.92 Å². The first-order valence-corrected chi connectivity index (χ1v) is 13.0. The molecule has 9 nitrogen and oxygen atoms in total. The van der Waals surface area contributed by atoms with Gasteiger partial charge >= 0.3 is 11.9 Å². The number of ether oxygens (including phenoxy) is 4. The number of carbonyl (C=O) groups excluding carboxylic acids is 2. The molecule has 4 aliphatic heterocycles. The summed E-state index contributed by atoms with van der Waals surface area (Å²) < 4.78 is 23.6. The average Bonchev–Trinajstić information content (AvgIpc) is 3.08. The maximum absolute atomic E-state index is 12.7. The highest BCUT2D eigenvalue weighted by molar-refractivity contribution is 5.79. The standard InChI is InChI=1S/C27H36O9/c1-16-4-9-21-17(2)24(33-25-27(21)20(16)12-14-26(3,34-25)35-36-27)32-23(30)11-10-22(29)31-19-7-5-18(6-8-19)13-15-28/h5-8,16-17,20-21,24-25,28H,4,9-15H2,1-3H3/t16-,17-,20+,21+,24-,25-,26+,27-/m1/s1. The van der Waals surface area contributed by atoms with Crippen molar-refractivity contribution < 1.29 is 43.4 Å². The van der Waals surface area contributed by atoms with Gasteiger partial charge in [0.25, 0.3) is 0 Å². The minimum atomic E-state index is -0.896. The van der Waals surface area contributed by atoms with Crippen molar-refractivity contribution in [2.24, 2.45) is 23.7 Å². The van der Waals surface area contributed by atoms with Gasteiger partial charge in [0, 0.05) is 24.9 Å². The molecule has 0 radical (unpaired) electrons. The Balaban J connectivity index is 1.19. The third-order valence-electron chi connectivity index (χ3n) is 8.43. The first-order valence-electron chi connectivity index (χ1n) is 13.0. The van der Waals surface area contributed by atoms with Crippen molar-refractivity contribution in [3.63, 3.8) is 0 Å². The first-order chi connectivity index (χ1) is 17.2. The summed E-state index contributed by atoms with van der Waals surface area (Å²) in [6, 6.07) is 6.91. The zero-order valence-electron chi connectivity index (χ0n) is 21.1. The summed E-state index contributed by atoms with van der Waals surface area (Å²) in [4.78, 5) is 36.8. The average molecular weight is 505 g/mol. The number of benzene rings is 1. The van der Waals surface area contributed by atoms with Crippen LogP contribution in [0, 0.1) is 23.7 Å². The topological polar surface area (TPSA) is 110 Å². The summed E-state index contributed by atoms with van der Waals surface area (Å²) >= 11 is 0. The molecule has 36 heavy (non-hydrogen) atoms. The smallest absolute Gasteiger partial charge is 0.311 e. The fourth-order valence-corrected chi connectivity index (χ4v) is 6.43. The van der Waals surface area contributed by atoms with Crippen LogP contribution in [0.2, 0.25) is 0 Å². The van der Waals surface area contributed by atoms with Crippen LogP contribution in [0.4, 0.5) is 0 Å². The lowest BCUT2D eigenvalue weighted by atomic mass is 9.58. The van der Waals surface area contributed by atoms with Crippen LogP contribution in [-0.4, -0.2) is 47.6 Å². The summed E-state index contributed by atoms with van der Waals surface area (Å²) in [5.74, 6) is -0.947. The van der Waals surface area contributed by atoms with Crippen LogP contribution in [0.5, 0.6) is 5.75 Å². The molecule has 1 aromatic carbocycles. The Kier molecular flexibility index (Phi) is 7.13. The number of fused-ring (bicyclic) bond motifs is 2. The molecule has 6 rings (SSSR count). The van der Waals surface area contributed by atoms with E-state index < -0.39 is 35.9 Å². The van der Waals surface area contributed by atoms with Crippen LogP contribution in [0.1, 0.15) is 64.9 Å². The van der Waals surface area contributed by atoms with E-state index in [1.54, 1.807) is 24.3 Å². The van der Waals surface area contributed by atoms with Gasteiger partial charge in [0.05, 0.1) is 12.8 Å². The van der Waals surface area contributed by atoms with E-state index in [0.29, 0.717) is 24.5 Å². The van der Waals surface area contributed by atoms with Gasteiger partial charge in [-0.05, 0) is 62.1 Å². The number of esters is 2. The summed E-state index contributed by atoms with van der Waals surface area (Å²) in [5.41, 5.74) is 0.229. The zero-order chi connectivity index (χ0) is 25.5. The fraction of sp³-hybridized carbons (Fsp3) is 0.704. The van der Waals surface area contributed by atoms with Crippen LogP contribution in [0.3, 0.4) is 0 Å². The second kappa shape index (κ2) is 10.0. The third kappa shape index (κ3) is 4.67. The fourth-order valence-electron chi connectivity index (χ4n) is 6.43. The number of carbonyl (C=O) groups is 2. The van der Waals surface area contributed by atoms with Gasteiger partial charge in [0.1, 0.15) is 5.75 Å². The molecule has 0 amide bonds. The van der Waals surface area contributed by atoms with Crippen LogP contribution in [-0.2, 0) is 40.0 Å². The van der Waals surface area contributed by atoms with Crippen molar-refractivity contribution in [1.82, 2.24) is 0 Å². The van der Waals surface area contributed by atoms with Crippen molar-refractivity contribution in [3.05, 3.63) is 29.8 Å². The molecule has 198 valence electrons. The van der Waals surface area contributed by atoms with E-state index in [1.165, 1.54) is 0 Å². The van der Waals surface area contributed by atoms with Gasteiger partial charge in [-0.15, -0.1) is 0 Å². The van der Waals surface area contributed by atoms with Crippen molar-refractivity contribution in [3.8, 4) is 5.75 Å². The van der Waals surface area contributed by atoms with Crippen LogP contribution < -0.4 is 4.74 Å². The van der Waals surface area contributed by atoms with Crippen LogP contribution >= 0.6 is 0 Å². The Morgan fingerprint density at radius 1 is 1.03 bits per heavy atom. The van der Waals surface area contributed by atoms with Gasteiger partial charge in [-0.2, -0.15) is 0 Å². The van der Waals surface area contributed by atoms with E-state index >= 15 is 0 Å². The number of hydrogen-bond donors (Lipinski definition) is 1. The molecule has 1 saturated carbocycles. The lowest BCUT2D eigenvalue weighted by Gasteiger charge is -2.59. The molecule has 5 fully saturated rings. The molecule has 2 bridgehead atoms. The molecular formula is C27H36O9. The second-order valence-corrected chi connectivity index (χ2v) is 10.9. The predicted molar refractivity (Wildman–Crippen MR) is 125 cm³/mol. The van der Waals surface area contributed by atoms with Crippen molar-refractivity contribution >= 4 is 11.9 Å². The highest BCUT2D eigenvalue weighted by Gasteiger charge is 2.69. The minimum absolute atomic E-state index is 0.0525. The Labute approximate surface area is 211 Å². The van der Waals surface area contributed by atoms with E-state index in [1.807, 2.05) is 13.8 Å². The molecular weight excluding hydrogens is 468 g/mol. The normalized spacial score (nSPS) is 39.1. The molecule has 4 saturated heterocycles. The van der Waals surface area contributed by atoms with Gasteiger partial charge < -0.3 is 24.1 Å². The van der Waals surface area contributed by atoms with E-state index in [-0.39, 0.29) is 37.2 Å². The molecule has 4 heterocycles. The molecule has 1 aromatic rings.